The SMILES string of the molecule is CC(C)(CO)CCCNC(=O)NCc1ccnc(N2CCCC2)c1. The number of nitrogens with zero attached hydrogens (tertiary/aromatic N) is 2. The Bertz CT molecular complexity index is 528. The molecule has 0 aliphatic carbocycles. The van der Waals surface area contributed by atoms with Crippen molar-refractivity contribution in [1.29, 1.82) is 0 Å². The Hall–Kier alpha value is -1.82. The number of aliphatic hydroxyl groups is 1. The number of rotatable bonds is 8. The molecule has 0 unspecified atom stereocenters. The van der Waals surface area contributed by atoms with E-state index in [4.69, 9.17) is 0 Å². The molecule has 2 amide bonds. The molecule has 0 saturated carbocycles. The Kier molecular flexibility index (Phi) is 6.85. The highest BCUT2D eigenvalue weighted by Gasteiger charge is 2.16. The lowest BCUT2D eigenvalue weighted by Gasteiger charge is -2.21. The standard InChI is InChI=1S/C18H30N4O2/c1-18(2,14-23)7-5-8-20-17(24)21-13-15-6-9-19-16(12-15)22-10-3-4-11-22/h6,9,12,23H,3-5,7-8,10-11,13-14H2,1-2H3,(H2,20,21,24). The van der Waals surface area contributed by atoms with E-state index in [1.54, 1.807) is 6.20 Å². The molecule has 6 heteroatoms. The number of aromatic nitrogens is 1. The molecule has 6 nitrogen and oxygen atoms in total. The van der Waals surface area contributed by atoms with Gasteiger partial charge in [0, 0.05) is 39.0 Å². The van der Waals surface area contributed by atoms with E-state index in [9.17, 15) is 9.90 Å². The first kappa shape index (κ1) is 18.5. The zero-order valence-electron chi connectivity index (χ0n) is 14.8. The third-order valence-electron chi connectivity index (χ3n) is 4.44. The average molecular weight is 334 g/mol. The van der Waals surface area contributed by atoms with E-state index in [1.807, 2.05) is 19.9 Å². The number of hydrogen-bond donors (Lipinski definition) is 3. The second kappa shape index (κ2) is 8.87. The summed E-state index contributed by atoms with van der Waals surface area (Å²) in [5.74, 6) is 0.999. The molecule has 1 aromatic heterocycles. The highest BCUT2D eigenvalue weighted by atomic mass is 16.3. The predicted molar refractivity (Wildman–Crippen MR) is 96.0 cm³/mol. The topological polar surface area (TPSA) is 77.5 Å². The van der Waals surface area contributed by atoms with Crippen molar-refractivity contribution >= 4 is 11.8 Å². The van der Waals surface area contributed by atoms with E-state index in [-0.39, 0.29) is 18.1 Å². The van der Waals surface area contributed by atoms with Crippen LogP contribution in [0.5, 0.6) is 0 Å². The Morgan fingerprint density at radius 2 is 2.08 bits per heavy atom. The number of hydrogen-bond acceptors (Lipinski definition) is 4. The molecule has 1 aliphatic rings. The van der Waals surface area contributed by atoms with Gasteiger partial charge in [0.25, 0.3) is 0 Å². The lowest BCUT2D eigenvalue weighted by atomic mass is 9.89. The molecule has 3 N–H and O–H groups in total. The summed E-state index contributed by atoms with van der Waals surface area (Å²) in [6.45, 7) is 7.45. The van der Waals surface area contributed by atoms with Crippen LogP contribution in [0.2, 0.25) is 0 Å². The molecule has 1 saturated heterocycles. The number of nitrogens with one attached hydrogen (secondary N) is 2. The van der Waals surface area contributed by atoms with Crippen molar-refractivity contribution in [1.82, 2.24) is 15.6 Å². The van der Waals surface area contributed by atoms with Gasteiger partial charge in [-0.25, -0.2) is 9.78 Å². The van der Waals surface area contributed by atoms with Gasteiger partial charge in [0.1, 0.15) is 5.82 Å². The van der Waals surface area contributed by atoms with Crippen LogP contribution in [-0.4, -0.2) is 42.4 Å². The zero-order valence-corrected chi connectivity index (χ0v) is 14.8. The number of amides is 2. The Labute approximate surface area is 144 Å². The van der Waals surface area contributed by atoms with Crippen LogP contribution in [0.4, 0.5) is 10.6 Å². The van der Waals surface area contributed by atoms with Crippen LogP contribution in [0.1, 0.15) is 45.1 Å². The quantitative estimate of drug-likeness (QED) is 0.638. The molecule has 2 rings (SSSR count). The Balaban J connectivity index is 1.69. The number of anilines is 1. The van der Waals surface area contributed by atoms with Crippen molar-refractivity contribution in [2.75, 3.05) is 31.1 Å². The maximum Gasteiger partial charge on any atom is 0.315 e. The first-order valence-corrected chi connectivity index (χ1v) is 8.83. The van der Waals surface area contributed by atoms with Gasteiger partial charge in [-0.05, 0) is 48.8 Å². The molecular weight excluding hydrogens is 304 g/mol. The molecule has 0 spiro atoms. The van der Waals surface area contributed by atoms with Crippen molar-refractivity contribution in [2.24, 2.45) is 5.41 Å². The van der Waals surface area contributed by atoms with E-state index >= 15 is 0 Å². The number of urea groups is 1. The minimum atomic E-state index is -0.156. The van der Waals surface area contributed by atoms with Crippen LogP contribution in [0.3, 0.4) is 0 Å². The smallest absolute Gasteiger partial charge is 0.315 e. The molecule has 1 fully saturated rings. The fraction of sp³-hybridized carbons (Fsp3) is 0.667. The van der Waals surface area contributed by atoms with Gasteiger partial charge in [-0.15, -0.1) is 0 Å². The summed E-state index contributed by atoms with van der Waals surface area (Å²) >= 11 is 0. The van der Waals surface area contributed by atoms with Gasteiger partial charge in [0.05, 0.1) is 0 Å². The summed E-state index contributed by atoms with van der Waals surface area (Å²) in [6, 6.07) is 3.83. The van der Waals surface area contributed by atoms with Gasteiger partial charge in [-0.1, -0.05) is 13.8 Å². The third-order valence-corrected chi connectivity index (χ3v) is 4.44. The lowest BCUT2D eigenvalue weighted by molar-refractivity contribution is 0.148. The molecule has 0 bridgehead atoms. The average Bonchev–Trinajstić information content (AvgIpc) is 3.12. The van der Waals surface area contributed by atoms with Crippen molar-refractivity contribution in [3.05, 3.63) is 23.9 Å². The summed E-state index contributed by atoms with van der Waals surface area (Å²) in [4.78, 5) is 18.6. The second-order valence-corrected chi connectivity index (χ2v) is 7.25. The van der Waals surface area contributed by atoms with Crippen LogP contribution in [0, 0.1) is 5.41 Å². The number of carbonyl (C=O) groups is 1. The monoisotopic (exact) mass is 334 g/mol. The Morgan fingerprint density at radius 3 is 2.79 bits per heavy atom. The first-order chi connectivity index (χ1) is 11.5. The molecule has 2 heterocycles. The Morgan fingerprint density at radius 1 is 1.33 bits per heavy atom. The summed E-state index contributed by atoms with van der Waals surface area (Å²) < 4.78 is 0. The van der Waals surface area contributed by atoms with Crippen molar-refractivity contribution < 1.29 is 9.90 Å². The minimum absolute atomic E-state index is 0.0822. The fourth-order valence-corrected chi connectivity index (χ4v) is 2.78. The molecule has 134 valence electrons. The number of carbonyl (C=O) groups excluding carboxylic acids is 1. The van der Waals surface area contributed by atoms with Gasteiger partial charge in [-0.3, -0.25) is 0 Å². The summed E-state index contributed by atoms with van der Waals surface area (Å²) in [6.07, 6.45) is 5.99. The largest absolute Gasteiger partial charge is 0.396 e. The van der Waals surface area contributed by atoms with E-state index in [0.717, 1.165) is 37.3 Å². The molecule has 0 aromatic carbocycles. The van der Waals surface area contributed by atoms with E-state index in [0.29, 0.717) is 13.1 Å². The van der Waals surface area contributed by atoms with Gasteiger partial charge >= 0.3 is 6.03 Å². The first-order valence-electron chi connectivity index (χ1n) is 8.83. The molecular formula is C18H30N4O2. The van der Waals surface area contributed by atoms with Gasteiger partial charge in [0.2, 0.25) is 0 Å². The van der Waals surface area contributed by atoms with Crippen LogP contribution in [0.25, 0.3) is 0 Å². The van der Waals surface area contributed by atoms with Gasteiger partial charge in [-0.2, -0.15) is 0 Å². The summed E-state index contributed by atoms with van der Waals surface area (Å²) in [5, 5.41) is 14.9. The highest BCUT2D eigenvalue weighted by Crippen LogP contribution is 2.20. The van der Waals surface area contributed by atoms with Gasteiger partial charge in [0.15, 0.2) is 0 Å². The van der Waals surface area contributed by atoms with Crippen LogP contribution >= 0.6 is 0 Å². The molecule has 1 aromatic rings. The fourth-order valence-electron chi connectivity index (χ4n) is 2.78. The van der Waals surface area contributed by atoms with Crippen molar-refractivity contribution in [3.8, 4) is 0 Å². The third kappa shape index (κ3) is 6.00. The highest BCUT2D eigenvalue weighted by molar-refractivity contribution is 5.73. The second-order valence-electron chi connectivity index (χ2n) is 7.25. The van der Waals surface area contributed by atoms with E-state index < -0.39 is 0 Å². The van der Waals surface area contributed by atoms with E-state index in [2.05, 4.69) is 26.6 Å². The zero-order chi connectivity index (χ0) is 17.4. The van der Waals surface area contributed by atoms with E-state index in [1.165, 1.54) is 12.8 Å². The molecule has 24 heavy (non-hydrogen) atoms. The maximum absolute atomic E-state index is 11.9. The van der Waals surface area contributed by atoms with Gasteiger partial charge < -0.3 is 20.6 Å². The van der Waals surface area contributed by atoms with Crippen LogP contribution in [0.15, 0.2) is 18.3 Å². The van der Waals surface area contributed by atoms with Crippen LogP contribution < -0.4 is 15.5 Å². The van der Waals surface area contributed by atoms with Crippen molar-refractivity contribution in [2.45, 2.75) is 46.1 Å². The predicted octanol–water partition coefficient (Wildman–Crippen LogP) is 2.28. The molecule has 0 atom stereocenters. The number of pyridine rings is 1. The maximum atomic E-state index is 11.9. The molecule has 1 aliphatic heterocycles. The lowest BCUT2D eigenvalue weighted by Crippen LogP contribution is -2.36. The number of aliphatic hydroxyl groups excluding tert-OH is 1. The minimum Gasteiger partial charge on any atom is -0.396 e. The summed E-state index contributed by atoms with van der Waals surface area (Å²) in [5.41, 5.74) is 0.977. The summed E-state index contributed by atoms with van der Waals surface area (Å²) in [7, 11) is 0. The van der Waals surface area contributed by atoms with Crippen LogP contribution in [-0.2, 0) is 6.54 Å². The van der Waals surface area contributed by atoms with Crippen molar-refractivity contribution in [3.63, 3.8) is 0 Å². The molecule has 0 radical (unpaired) electrons. The normalized spacial score (nSPS) is 14.7.